The number of carboxylic acids is 1. The van der Waals surface area contributed by atoms with Crippen LogP contribution in [-0.2, 0) is 14.3 Å². The van der Waals surface area contributed by atoms with E-state index in [0.717, 1.165) is 12.8 Å². The van der Waals surface area contributed by atoms with Crippen molar-refractivity contribution < 1.29 is 19.4 Å². The molecule has 0 spiro atoms. The summed E-state index contributed by atoms with van der Waals surface area (Å²) in [5.74, 6) is -1.42. The van der Waals surface area contributed by atoms with Crippen LogP contribution >= 0.6 is 0 Å². The molecule has 1 fully saturated rings. The Morgan fingerprint density at radius 1 is 1.26 bits per heavy atom. The van der Waals surface area contributed by atoms with E-state index in [0.29, 0.717) is 18.6 Å². The molecule has 1 aliphatic heterocycles. The highest BCUT2D eigenvalue weighted by Gasteiger charge is 2.27. The van der Waals surface area contributed by atoms with Crippen LogP contribution in [0.3, 0.4) is 0 Å². The van der Waals surface area contributed by atoms with Crippen molar-refractivity contribution in [1.82, 2.24) is 5.32 Å². The summed E-state index contributed by atoms with van der Waals surface area (Å²) in [5, 5.41) is 11.8. The Labute approximate surface area is 111 Å². The van der Waals surface area contributed by atoms with Gasteiger partial charge in [0, 0.05) is 6.61 Å². The molecule has 0 saturated carbocycles. The molecule has 1 heterocycles. The standard InChI is InChI=1S/C14H17NO4/c16-13(11-8-4-5-9-19-11)15-12(14(17)18)10-6-2-1-3-7-10/h1-3,6-7,11-12H,4-5,8-9H2,(H,15,16)(H,17,18)/t11-,12+/m1/s1. The van der Waals surface area contributed by atoms with E-state index in [1.807, 2.05) is 0 Å². The topological polar surface area (TPSA) is 75.6 Å². The van der Waals surface area contributed by atoms with E-state index in [1.165, 1.54) is 0 Å². The van der Waals surface area contributed by atoms with Crippen LogP contribution < -0.4 is 5.32 Å². The van der Waals surface area contributed by atoms with Crippen molar-refractivity contribution in [3.05, 3.63) is 35.9 Å². The molecule has 1 saturated heterocycles. The molecule has 19 heavy (non-hydrogen) atoms. The van der Waals surface area contributed by atoms with Crippen molar-refractivity contribution in [1.29, 1.82) is 0 Å². The summed E-state index contributed by atoms with van der Waals surface area (Å²) in [5.41, 5.74) is 0.555. The first-order chi connectivity index (χ1) is 9.18. The van der Waals surface area contributed by atoms with Gasteiger partial charge in [0.25, 0.3) is 0 Å². The van der Waals surface area contributed by atoms with E-state index in [1.54, 1.807) is 30.3 Å². The molecule has 1 aromatic rings. The van der Waals surface area contributed by atoms with Crippen molar-refractivity contribution in [2.24, 2.45) is 0 Å². The van der Waals surface area contributed by atoms with Crippen LogP contribution in [0, 0.1) is 0 Å². The van der Waals surface area contributed by atoms with Crippen molar-refractivity contribution >= 4 is 11.9 Å². The second-order valence-electron chi connectivity index (χ2n) is 4.55. The summed E-state index contributed by atoms with van der Waals surface area (Å²) in [6, 6.07) is 7.62. The maximum Gasteiger partial charge on any atom is 0.330 e. The van der Waals surface area contributed by atoms with Crippen LogP contribution in [0.25, 0.3) is 0 Å². The molecule has 1 amide bonds. The summed E-state index contributed by atoms with van der Waals surface area (Å²) in [6.07, 6.45) is 2.00. The fourth-order valence-electron chi connectivity index (χ4n) is 2.12. The molecule has 2 atom stereocenters. The molecular formula is C14H17NO4. The van der Waals surface area contributed by atoms with Gasteiger partial charge < -0.3 is 15.2 Å². The summed E-state index contributed by atoms with van der Waals surface area (Å²) in [6.45, 7) is 0.557. The predicted molar refractivity (Wildman–Crippen MR) is 68.6 cm³/mol. The predicted octanol–water partition coefficient (Wildman–Crippen LogP) is 1.50. The van der Waals surface area contributed by atoms with Gasteiger partial charge in [0.1, 0.15) is 6.10 Å². The van der Waals surface area contributed by atoms with Crippen molar-refractivity contribution in [3.63, 3.8) is 0 Å². The molecule has 0 unspecified atom stereocenters. The fraction of sp³-hybridized carbons (Fsp3) is 0.429. The zero-order valence-electron chi connectivity index (χ0n) is 10.5. The zero-order valence-corrected chi connectivity index (χ0v) is 10.5. The lowest BCUT2D eigenvalue weighted by atomic mass is 10.1. The van der Waals surface area contributed by atoms with Gasteiger partial charge in [0.05, 0.1) is 0 Å². The molecule has 0 bridgehead atoms. The first-order valence-corrected chi connectivity index (χ1v) is 6.38. The summed E-state index contributed by atoms with van der Waals surface area (Å²) >= 11 is 0. The van der Waals surface area contributed by atoms with E-state index in [4.69, 9.17) is 4.74 Å². The van der Waals surface area contributed by atoms with E-state index in [-0.39, 0.29) is 5.91 Å². The average Bonchev–Trinajstić information content (AvgIpc) is 2.46. The molecule has 2 N–H and O–H groups in total. The normalized spacial score (nSPS) is 20.5. The molecule has 1 aromatic carbocycles. The van der Waals surface area contributed by atoms with Gasteiger partial charge in [-0.1, -0.05) is 30.3 Å². The van der Waals surface area contributed by atoms with E-state index in [2.05, 4.69) is 5.32 Å². The largest absolute Gasteiger partial charge is 0.479 e. The molecule has 0 radical (unpaired) electrons. The van der Waals surface area contributed by atoms with Crippen LogP contribution in [0.15, 0.2) is 30.3 Å². The molecule has 102 valence electrons. The summed E-state index contributed by atoms with van der Waals surface area (Å²) in [4.78, 5) is 23.2. The number of amides is 1. The van der Waals surface area contributed by atoms with Crippen LogP contribution in [-0.4, -0.2) is 29.7 Å². The first-order valence-electron chi connectivity index (χ1n) is 6.38. The lowest BCUT2D eigenvalue weighted by Gasteiger charge is -2.23. The SMILES string of the molecule is O=C(O)[C@@H](NC(=O)[C@H]1CCCCO1)c1ccccc1. The average molecular weight is 263 g/mol. The van der Waals surface area contributed by atoms with Gasteiger partial charge in [-0.05, 0) is 24.8 Å². The van der Waals surface area contributed by atoms with Crippen molar-refractivity contribution in [2.45, 2.75) is 31.4 Å². The lowest BCUT2D eigenvalue weighted by Crippen LogP contribution is -2.42. The number of nitrogens with one attached hydrogen (secondary N) is 1. The number of hydrogen-bond donors (Lipinski definition) is 2. The Bertz CT molecular complexity index is 440. The third kappa shape index (κ3) is 3.54. The highest BCUT2D eigenvalue weighted by Crippen LogP contribution is 2.16. The highest BCUT2D eigenvalue weighted by atomic mass is 16.5. The van der Waals surface area contributed by atoms with Crippen LogP contribution in [0.5, 0.6) is 0 Å². The third-order valence-electron chi connectivity index (χ3n) is 3.14. The highest BCUT2D eigenvalue weighted by molar-refractivity contribution is 5.87. The molecule has 0 aromatic heterocycles. The Kier molecular flexibility index (Phi) is 4.52. The first kappa shape index (κ1) is 13.5. The quantitative estimate of drug-likeness (QED) is 0.863. The Balaban J connectivity index is 2.04. The van der Waals surface area contributed by atoms with Gasteiger partial charge in [0.2, 0.25) is 5.91 Å². The number of rotatable bonds is 4. The number of carboxylic acid groups (broad SMARTS) is 1. The summed E-state index contributed by atoms with van der Waals surface area (Å²) in [7, 11) is 0. The van der Waals surface area contributed by atoms with Crippen molar-refractivity contribution in [2.75, 3.05) is 6.61 Å². The molecule has 1 aliphatic rings. The molecule has 5 heteroatoms. The number of ether oxygens (including phenoxy) is 1. The maximum atomic E-state index is 12.0. The van der Waals surface area contributed by atoms with Gasteiger partial charge in [-0.25, -0.2) is 4.79 Å². The van der Waals surface area contributed by atoms with Crippen molar-refractivity contribution in [3.8, 4) is 0 Å². The molecule has 5 nitrogen and oxygen atoms in total. The molecule has 2 rings (SSSR count). The Morgan fingerprint density at radius 3 is 2.58 bits per heavy atom. The van der Waals surface area contributed by atoms with Gasteiger partial charge in [-0.15, -0.1) is 0 Å². The number of aliphatic carboxylic acids is 1. The lowest BCUT2D eigenvalue weighted by molar-refractivity contribution is -0.145. The van der Waals surface area contributed by atoms with Gasteiger partial charge in [-0.2, -0.15) is 0 Å². The van der Waals surface area contributed by atoms with E-state index in [9.17, 15) is 14.7 Å². The fourth-order valence-corrected chi connectivity index (χ4v) is 2.12. The second-order valence-corrected chi connectivity index (χ2v) is 4.55. The van der Waals surface area contributed by atoms with Crippen LogP contribution in [0.4, 0.5) is 0 Å². The van der Waals surface area contributed by atoms with Gasteiger partial charge >= 0.3 is 5.97 Å². The minimum absolute atomic E-state index is 0.351. The number of benzene rings is 1. The monoisotopic (exact) mass is 263 g/mol. The molecule has 0 aliphatic carbocycles. The smallest absolute Gasteiger partial charge is 0.330 e. The Morgan fingerprint density at radius 2 is 2.00 bits per heavy atom. The van der Waals surface area contributed by atoms with E-state index >= 15 is 0 Å². The Hall–Kier alpha value is -1.88. The number of carbonyl (C=O) groups is 2. The zero-order chi connectivity index (χ0) is 13.7. The minimum Gasteiger partial charge on any atom is -0.479 e. The number of hydrogen-bond acceptors (Lipinski definition) is 3. The van der Waals surface area contributed by atoms with Gasteiger partial charge in [0.15, 0.2) is 6.04 Å². The maximum absolute atomic E-state index is 12.0. The molecular weight excluding hydrogens is 246 g/mol. The van der Waals surface area contributed by atoms with Gasteiger partial charge in [-0.3, -0.25) is 4.79 Å². The minimum atomic E-state index is -1.07. The third-order valence-corrected chi connectivity index (χ3v) is 3.14. The number of carbonyl (C=O) groups excluding carboxylic acids is 1. The summed E-state index contributed by atoms with van der Waals surface area (Å²) < 4.78 is 5.35. The van der Waals surface area contributed by atoms with E-state index < -0.39 is 18.1 Å². The van der Waals surface area contributed by atoms with Crippen LogP contribution in [0.1, 0.15) is 30.9 Å². The second kappa shape index (κ2) is 6.33. The van der Waals surface area contributed by atoms with Crippen LogP contribution in [0.2, 0.25) is 0 Å².